The van der Waals surface area contributed by atoms with Crippen molar-refractivity contribution in [3.05, 3.63) is 36.4 Å². The van der Waals surface area contributed by atoms with Crippen molar-refractivity contribution in [1.29, 1.82) is 0 Å². The van der Waals surface area contributed by atoms with Crippen LogP contribution in [0.25, 0.3) is 11.1 Å². The summed E-state index contributed by atoms with van der Waals surface area (Å²) >= 11 is 0. The summed E-state index contributed by atoms with van der Waals surface area (Å²) < 4.78 is 10.5. The van der Waals surface area contributed by atoms with Crippen molar-refractivity contribution < 1.29 is 19.4 Å². The summed E-state index contributed by atoms with van der Waals surface area (Å²) in [5.41, 5.74) is 2.28. The molecule has 0 radical (unpaired) electrons. The van der Waals surface area contributed by atoms with Gasteiger partial charge in [-0.2, -0.15) is 0 Å². The second-order valence-corrected chi connectivity index (χ2v) is 4.46. The van der Waals surface area contributed by atoms with Crippen LogP contribution >= 0.6 is 0 Å². The van der Waals surface area contributed by atoms with Gasteiger partial charge in [0, 0.05) is 24.2 Å². The highest BCUT2D eigenvalue weighted by Gasteiger charge is 2.16. The summed E-state index contributed by atoms with van der Waals surface area (Å²) in [7, 11) is 4.68. The van der Waals surface area contributed by atoms with Crippen LogP contribution in [0.2, 0.25) is 0 Å². The number of methoxy groups -OCH3 is 2. The van der Waals surface area contributed by atoms with Crippen LogP contribution in [0.3, 0.4) is 0 Å². The molecule has 0 unspecified atom stereocenters. The van der Waals surface area contributed by atoms with Crippen LogP contribution in [0.15, 0.2) is 36.4 Å². The number of benzene rings is 2. The third-order valence-corrected chi connectivity index (χ3v) is 3.23. The molecule has 2 rings (SSSR count). The first-order chi connectivity index (χ1) is 10.1. The minimum absolute atomic E-state index is 0.000627. The van der Waals surface area contributed by atoms with Gasteiger partial charge in [0.1, 0.15) is 5.75 Å². The van der Waals surface area contributed by atoms with Crippen molar-refractivity contribution in [3.63, 3.8) is 0 Å². The quantitative estimate of drug-likeness (QED) is 0.859. The Hall–Kier alpha value is -2.69. The topological polar surface area (TPSA) is 59.0 Å². The highest BCUT2D eigenvalue weighted by molar-refractivity contribution is 5.89. The molecule has 0 saturated carbocycles. The van der Waals surface area contributed by atoms with E-state index in [0.29, 0.717) is 11.5 Å². The Morgan fingerprint density at radius 2 is 1.71 bits per heavy atom. The van der Waals surface area contributed by atoms with Crippen LogP contribution in [0.1, 0.15) is 0 Å². The molecule has 5 nitrogen and oxygen atoms in total. The molecule has 0 aliphatic rings. The molecule has 2 aromatic carbocycles. The Bertz CT molecular complexity index is 655. The third-order valence-electron chi connectivity index (χ3n) is 3.23. The van der Waals surface area contributed by atoms with E-state index in [0.717, 1.165) is 23.2 Å². The molecule has 1 amide bonds. The second-order valence-electron chi connectivity index (χ2n) is 4.46. The normalized spacial score (nSPS) is 10.0. The van der Waals surface area contributed by atoms with Crippen LogP contribution < -0.4 is 14.4 Å². The zero-order valence-electron chi connectivity index (χ0n) is 12.2. The van der Waals surface area contributed by atoms with Gasteiger partial charge in [0.25, 0.3) is 0 Å². The number of aromatic hydroxyl groups is 1. The lowest BCUT2D eigenvalue weighted by Gasteiger charge is -2.18. The van der Waals surface area contributed by atoms with E-state index >= 15 is 0 Å². The minimum atomic E-state index is -0.000627. The SMILES string of the molecule is COc1cc(-c2ccccc2N(C)C=O)c(OC)cc1O. The molecule has 0 aliphatic carbocycles. The molecule has 0 spiro atoms. The maximum atomic E-state index is 11.1. The molecule has 110 valence electrons. The summed E-state index contributed by atoms with van der Waals surface area (Å²) in [4.78, 5) is 12.5. The summed E-state index contributed by atoms with van der Waals surface area (Å²) in [5.74, 6) is 0.841. The van der Waals surface area contributed by atoms with E-state index in [-0.39, 0.29) is 5.75 Å². The van der Waals surface area contributed by atoms with E-state index in [1.165, 1.54) is 25.2 Å². The lowest BCUT2D eigenvalue weighted by atomic mass is 10.0. The molecule has 0 aromatic heterocycles. The van der Waals surface area contributed by atoms with Gasteiger partial charge < -0.3 is 19.5 Å². The van der Waals surface area contributed by atoms with E-state index in [4.69, 9.17) is 9.47 Å². The van der Waals surface area contributed by atoms with Crippen molar-refractivity contribution in [2.75, 3.05) is 26.2 Å². The van der Waals surface area contributed by atoms with Crippen molar-refractivity contribution >= 4 is 12.1 Å². The lowest BCUT2D eigenvalue weighted by Crippen LogP contribution is -2.14. The average molecular weight is 287 g/mol. The number of phenols is 1. The van der Waals surface area contributed by atoms with Crippen molar-refractivity contribution in [1.82, 2.24) is 0 Å². The van der Waals surface area contributed by atoms with Crippen LogP contribution in [0.5, 0.6) is 17.2 Å². The first-order valence-corrected chi connectivity index (χ1v) is 6.35. The number of amides is 1. The fourth-order valence-corrected chi connectivity index (χ4v) is 2.16. The van der Waals surface area contributed by atoms with Crippen molar-refractivity contribution in [3.8, 4) is 28.4 Å². The van der Waals surface area contributed by atoms with E-state index in [9.17, 15) is 9.90 Å². The molecule has 0 atom stereocenters. The molecule has 0 bridgehead atoms. The number of carbonyl (C=O) groups excluding carboxylic acids is 1. The molecule has 0 saturated heterocycles. The molecular formula is C16H17NO4. The van der Waals surface area contributed by atoms with Crippen LogP contribution in [0.4, 0.5) is 5.69 Å². The molecule has 21 heavy (non-hydrogen) atoms. The van der Waals surface area contributed by atoms with E-state index in [1.54, 1.807) is 13.1 Å². The summed E-state index contributed by atoms with van der Waals surface area (Å²) in [6.45, 7) is 0. The van der Waals surface area contributed by atoms with E-state index in [2.05, 4.69) is 0 Å². The fourth-order valence-electron chi connectivity index (χ4n) is 2.16. The number of carbonyl (C=O) groups is 1. The van der Waals surface area contributed by atoms with E-state index < -0.39 is 0 Å². The van der Waals surface area contributed by atoms with Gasteiger partial charge >= 0.3 is 0 Å². The maximum absolute atomic E-state index is 11.1. The second kappa shape index (κ2) is 6.17. The number of rotatable bonds is 5. The Balaban J connectivity index is 2.69. The van der Waals surface area contributed by atoms with Crippen LogP contribution in [-0.4, -0.2) is 32.8 Å². The Morgan fingerprint density at radius 3 is 2.33 bits per heavy atom. The summed E-state index contributed by atoms with van der Waals surface area (Å²) in [6.07, 6.45) is 0.739. The first kappa shape index (κ1) is 14.7. The van der Waals surface area contributed by atoms with Gasteiger partial charge in [-0.05, 0) is 12.1 Å². The maximum Gasteiger partial charge on any atom is 0.213 e. The number of nitrogens with zero attached hydrogens (tertiary/aromatic N) is 1. The minimum Gasteiger partial charge on any atom is -0.504 e. The standard InChI is InChI=1S/C16H17NO4/c1-17(10-18)13-7-5-4-6-11(13)12-8-16(21-3)14(19)9-15(12)20-2/h4-10,19H,1-3H3. The average Bonchev–Trinajstić information content (AvgIpc) is 2.53. The van der Waals surface area contributed by atoms with Crippen LogP contribution in [0, 0.1) is 0 Å². The van der Waals surface area contributed by atoms with Gasteiger partial charge in [-0.25, -0.2) is 0 Å². The lowest BCUT2D eigenvalue weighted by molar-refractivity contribution is -0.107. The van der Waals surface area contributed by atoms with Gasteiger partial charge in [-0.3, -0.25) is 4.79 Å². The van der Waals surface area contributed by atoms with Crippen molar-refractivity contribution in [2.24, 2.45) is 0 Å². The summed E-state index contributed by atoms with van der Waals surface area (Å²) in [5, 5.41) is 9.85. The smallest absolute Gasteiger partial charge is 0.213 e. The molecular weight excluding hydrogens is 270 g/mol. The molecule has 1 N–H and O–H groups in total. The van der Waals surface area contributed by atoms with Gasteiger partial charge in [-0.1, -0.05) is 18.2 Å². The van der Waals surface area contributed by atoms with Gasteiger partial charge in [-0.15, -0.1) is 0 Å². The number of hydrogen-bond donors (Lipinski definition) is 1. The predicted molar refractivity (Wildman–Crippen MR) is 81.1 cm³/mol. The number of phenolic OH excluding ortho intramolecular Hbond substituents is 1. The highest BCUT2D eigenvalue weighted by atomic mass is 16.5. The summed E-state index contributed by atoms with van der Waals surface area (Å²) in [6, 6.07) is 10.6. The molecule has 0 aliphatic heterocycles. The Kier molecular flexibility index (Phi) is 4.33. The predicted octanol–water partition coefficient (Wildman–Crippen LogP) is 2.67. The Morgan fingerprint density at radius 1 is 1.05 bits per heavy atom. The number of hydrogen-bond acceptors (Lipinski definition) is 4. The van der Waals surface area contributed by atoms with Gasteiger partial charge in [0.15, 0.2) is 11.5 Å². The highest BCUT2D eigenvalue weighted by Crippen LogP contribution is 2.42. The molecule has 0 heterocycles. The zero-order chi connectivity index (χ0) is 15.4. The zero-order valence-corrected chi connectivity index (χ0v) is 12.2. The number of para-hydroxylation sites is 1. The van der Waals surface area contributed by atoms with E-state index in [1.807, 2.05) is 24.3 Å². The van der Waals surface area contributed by atoms with Gasteiger partial charge in [0.2, 0.25) is 6.41 Å². The third kappa shape index (κ3) is 2.76. The number of anilines is 1. The largest absolute Gasteiger partial charge is 0.504 e. The fraction of sp³-hybridized carbons (Fsp3) is 0.188. The molecule has 0 fully saturated rings. The monoisotopic (exact) mass is 287 g/mol. The number of ether oxygens (including phenoxy) is 2. The Labute approximate surface area is 123 Å². The van der Waals surface area contributed by atoms with Crippen LogP contribution in [-0.2, 0) is 4.79 Å². The van der Waals surface area contributed by atoms with Crippen molar-refractivity contribution in [2.45, 2.75) is 0 Å². The van der Waals surface area contributed by atoms with Gasteiger partial charge in [0.05, 0.1) is 19.9 Å². The molecule has 2 aromatic rings. The molecule has 5 heteroatoms. The first-order valence-electron chi connectivity index (χ1n) is 6.35.